The van der Waals surface area contributed by atoms with E-state index in [0.29, 0.717) is 55.5 Å². The van der Waals surface area contributed by atoms with E-state index in [1.165, 1.54) is 21.3 Å². The van der Waals surface area contributed by atoms with E-state index in [2.05, 4.69) is 4.98 Å². The van der Waals surface area contributed by atoms with Crippen molar-refractivity contribution >= 4 is 38.7 Å². The van der Waals surface area contributed by atoms with Crippen LogP contribution in [0.25, 0.3) is 10.9 Å². The maximum atomic E-state index is 14.2. The third-order valence-electron chi connectivity index (χ3n) is 9.54. The van der Waals surface area contributed by atoms with E-state index in [1.807, 2.05) is 0 Å². The number of amides is 2. The molecular formula is C27H29N3O7S. The molecule has 4 aliphatic carbocycles. The summed E-state index contributed by atoms with van der Waals surface area (Å²) in [6.45, 7) is 2.79. The number of imide groups is 1. The van der Waals surface area contributed by atoms with E-state index in [4.69, 9.17) is 4.74 Å². The Hall–Kier alpha value is -2.89. The zero-order chi connectivity index (χ0) is 26.6. The summed E-state index contributed by atoms with van der Waals surface area (Å²) in [7, 11) is -3.83. The summed E-state index contributed by atoms with van der Waals surface area (Å²) >= 11 is 0. The van der Waals surface area contributed by atoms with Gasteiger partial charge in [0.1, 0.15) is 0 Å². The molecule has 0 spiro atoms. The van der Waals surface area contributed by atoms with Gasteiger partial charge in [0.15, 0.2) is 0 Å². The molecule has 11 heteroatoms. The van der Waals surface area contributed by atoms with Gasteiger partial charge in [-0.3, -0.25) is 24.3 Å². The summed E-state index contributed by atoms with van der Waals surface area (Å²) < 4.78 is 33.4. The SMILES string of the molecule is Cc1nc2ccc(S(=O)(=O)N3CCOCC3)cc2c2c1C(=O)N(C13C[C@@H]4C[C@@H](CC(C(=O)O)(C4)C1)C3)C2=O. The number of fused-ring (bicyclic) bond motifs is 3. The minimum Gasteiger partial charge on any atom is -0.481 e. The number of rotatable bonds is 4. The van der Waals surface area contributed by atoms with Crippen molar-refractivity contribution in [2.75, 3.05) is 26.3 Å². The van der Waals surface area contributed by atoms with E-state index in [-0.39, 0.29) is 47.4 Å². The van der Waals surface area contributed by atoms with Crippen LogP contribution in [0.5, 0.6) is 0 Å². The summed E-state index contributed by atoms with van der Waals surface area (Å²) in [4.78, 5) is 46.5. The standard InChI is InChI=1S/C27H29N3O7S/c1-15-21-22(19-9-18(2-3-20(19)28-15)38(35,36)29-4-6-37-7-5-29)24(32)30(23(21)31)27-12-16-8-17(13-27)11-26(10-16,14-27)25(33)34/h2-3,9,16-17H,4-8,10-14H2,1H3,(H,33,34)/t16-,17+,26?,27?. The minimum absolute atomic E-state index is 0.0399. The van der Waals surface area contributed by atoms with E-state index in [9.17, 15) is 27.9 Å². The fourth-order valence-electron chi connectivity index (χ4n) is 8.42. The second-order valence-electron chi connectivity index (χ2n) is 11.9. The highest BCUT2D eigenvalue weighted by Gasteiger charge is 2.65. The van der Waals surface area contributed by atoms with E-state index < -0.39 is 38.8 Å². The van der Waals surface area contributed by atoms with Crippen LogP contribution in [0, 0.1) is 24.2 Å². The maximum Gasteiger partial charge on any atom is 0.309 e. The lowest BCUT2D eigenvalue weighted by atomic mass is 9.46. The molecule has 1 aromatic carbocycles. The molecule has 4 bridgehead atoms. The molecule has 2 aliphatic heterocycles. The van der Waals surface area contributed by atoms with Crippen LogP contribution in [0.3, 0.4) is 0 Å². The predicted molar refractivity (Wildman–Crippen MR) is 134 cm³/mol. The fourth-order valence-corrected chi connectivity index (χ4v) is 9.85. The Morgan fingerprint density at radius 2 is 1.71 bits per heavy atom. The Kier molecular flexibility index (Phi) is 4.98. The number of morpholine rings is 1. The molecule has 2 amide bonds. The number of aryl methyl sites for hydroxylation is 1. The number of carbonyl (C=O) groups excluding carboxylic acids is 2. The van der Waals surface area contributed by atoms with Crippen LogP contribution in [0.15, 0.2) is 23.1 Å². The number of pyridine rings is 1. The van der Waals surface area contributed by atoms with Crippen molar-refractivity contribution in [3.8, 4) is 0 Å². The van der Waals surface area contributed by atoms with Crippen molar-refractivity contribution in [2.45, 2.75) is 55.9 Å². The molecule has 2 unspecified atom stereocenters. The van der Waals surface area contributed by atoms with E-state index in [1.54, 1.807) is 13.0 Å². The monoisotopic (exact) mass is 539 g/mol. The van der Waals surface area contributed by atoms with E-state index >= 15 is 0 Å². The third kappa shape index (κ3) is 3.15. The molecule has 6 aliphatic rings. The van der Waals surface area contributed by atoms with Crippen LogP contribution >= 0.6 is 0 Å². The molecule has 2 aromatic rings. The van der Waals surface area contributed by atoms with Crippen LogP contribution in [-0.4, -0.2) is 77.3 Å². The average Bonchev–Trinajstić information content (AvgIpc) is 3.15. The number of aromatic nitrogens is 1. The Balaban J connectivity index is 1.35. The Labute approximate surface area is 220 Å². The number of carbonyl (C=O) groups is 3. The summed E-state index contributed by atoms with van der Waals surface area (Å²) in [5.74, 6) is -1.42. The van der Waals surface area contributed by atoms with Crippen molar-refractivity contribution in [3.63, 3.8) is 0 Å². The third-order valence-corrected chi connectivity index (χ3v) is 11.4. The molecule has 1 N–H and O–H groups in total. The first-order chi connectivity index (χ1) is 18.0. The van der Waals surface area contributed by atoms with Crippen molar-refractivity contribution in [1.82, 2.24) is 14.2 Å². The zero-order valence-electron chi connectivity index (χ0n) is 21.1. The second-order valence-corrected chi connectivity index (χ2v) is 13.8. The Morgan fingerprint density at radius 1 is 1.05 bits per heavy atom. The molecule has 5 fully saturated rings. The van der Waals surface area contributed by atoms with Crippen molar-refractivity contribution in [2.24, 2.45) is 17.3 Å². The number of nitrogens with zero attached hydrogens (tertiary/aromatic N) is 3. The van der Waals surface area contributed by atoms with Crippen LogP contribution < -0.4 is 0 Å². The normalized spacial score (nSPS) is 32.8. The van der Waals surface area contributed by atoms with Crippen molar-refractivity contribution < 1.29 is 32.6 Å². The van der Waals surface area contributed by atoms with Gasteiger partial charge in [0.2, 0.25) is 10.0 Å². The summed E-state index contributed by atoms with van der Waals surface area (Å²) in [5.41, 5.74) is -0.521. The summed E-state index contributed by atoms with van der Waals surface area (Å²) in [6, 6.07) is 4.53. The number of carboxylic acid groups (broad SMARTS) is 1. The van der Waals surface area contributed by atoms with Gasteiger partial charge < -0.3 is 9.84 Å². The number of aliphatic carboxylic acids is 1. The smallest absolute Gasteiger partial charge is 0.309 e. The maximum absolute atomic E-state index is 14.2. The predicted octanol–water partition coefficient (Wildman–Crippen LogP) is 2.58. The first-order valence-electron chi connectivity index (χ1n) is 13.2. The molecule has 200 valence electrons. The van der Waals surface area contributed by atoms with Gasteiger partial charge in [0, 0.05) is 18.5 Å². The van der Waals surface area contributed by atoms with Crippen LogP contribution in [0.4, 0.5) is 0 Å². The van der Waals surface area contributed by atoms with Gasteiger partial charge in [-0.2, -0.15) is 4.31 Å². The highest BCUT2D eigenvalue weighted by atomic mass is 32.2. The Morgan fingerprint density at radius 3 is 2.37 bits per heavy atom. The van der Waals surface area contributed by atoms with Gasteiger partial charge in [0.05, 0.1) is 51.4 Å². The molecular weight excluding hydrogens is 510 g/mol. The minimum atomic E-state index is -3.83. The molecule has 38 heavy (non-hydrogen) atoms. The molecule has 4 saturated carbocycles. The Bertz CT molecular complexity index is 1530. The second kappa shape index (κ2) is 7.83. The lowest BCUT2D eigenvalue weighted by Gasteiger charge is -2.62. The first-order valence-corrected chi connectivity index (χ1v) is 14.6. The molecule has 4 atom stereocenters. The van der Waals surface area contributed by atoms with Gasteiger partial charge >= 0.3 is 5.97 Å². The molecule has 0 radical (unpaired) electrons. The van der Waals surface area contributed by atoms with Crippen LogP contribution in [-0.2, 0) is 19.6 Å². The molecule has 10 nitrogen and oxygen atoms in total. The summed E-state index contributed by atoms with van der Waals surface area (Å²) in [5, 5.41) is 10.5. The molecule has 1 aromatic heterocycles. The molecule has 3 heterocycles. The number of carboxylic acids is 1. The zero-order valence-corrected chi connectivity index (χ0v) is 21.9. The fraction of sp³-hybridized carbons (Fsp3) is 0.556. The average molecular weight is 540 g/mol. The van der Waals surface area contributed by atoms with Crippen molar-refractivity contribution in [1.29, 1.82) is 0 Å². The van der Waals surface area contributed by atoms with Gasteiger partial charge in [-0.05, 0) is 75.5 Å². The number of hydrogen-bond acceptors (Lipinski definition) is 7. The van der Waals surface area contributed by atoms with Gasteiger partial charge in [-0.15, -0.1) is 0 Å². The lowest BCUT2D eigenvalue weighted by molar-refractivity contribution is -0.173. The number of benzene rings is 1. The number of hydrogen-bond donors (Lipinski definition) is 1. The number of ether oxygens (including phenoxy) is 1. The largest absolute Gasteiger partial charge is 0.481 e. The molecule has 8 rings (SSSR count). The first kappa shape index (κ1) is 24.2. The van der Waals surface area contributed by atoms with Crippen molar-refractivity contribution in [3.05, 3.63) is 35.0 Å². The van der Waals surface area contributed by atoms with E-state index in [0.717, 1.165) is 6.42 Å². The van der Waals surface area contributed by atoms with Crippen LogP contribution in [0.2, 0.25) is 0 Å². The van der Waals surface area contributed by atoms with Gasteiger partial charge in [0.25, 0.3) is 11.8 Å². The van der Waals surface area contributed by atoms with Gasteiger partial charge in [-0.25, -0.2) is 8.42 Å². The van der Waals surface area contributed by atoms with Crippen LogP contribution in [0.1, 0.15) is 64.9 Å². The summed E-state index contributed by atoms with van der Waals surface area (Å²) in [6.07, 6.45) is 3.63. The number of sulfonamides is 1. The molecule has 1 saturated heterocycles. The quantitative estimate of drug-likeness (QED) is 0.586. The highest BCUT2D eigenvalue weighted by Crippen LogP contribution is 2.64. The van der Waals surface area contributed by atoms with Gasteiger partial charge in [-0.1, -0.05) is 0 Å². The highest BCUT2D eigenvalue weighted by molar-refractivity contribution is 7.89. The lowest BCUT2D eigenvalue weighted by Crippen LogP contribution is -2.66. The topological polar surface area (TPSA) is 134 Å².